The molecule has 0 saturated carbocycles. The van der Waals surface area contributed by atoms with E-state index in [2.05, 4.69) is 15.0 Å². The summed E-state index contributed by atoms with van der Waals surface area (Å²) in [7, 11) is 1.18. The van der Waals surface area contributed by atoms with Crippen molar-refractivity contribution in [2.45, 2.75) is 6.42 Å². The van der Waals surface area contributed by atoms with Gasteiger partial charge in [-0.3, -0.25) is 9.78 Å². The molecule has 0 unspecified atom stereocenters. The number of para-hydroxylation sites is 1. The minimum atomic E-state index is -0.879. The van der Waals surface area contributed by atoms with Crippen molar-refractivity contribution < 1.29 is 14.3 Å². The van der Waals surface area contributed by atoms with Crippen molar-refractivity contribution in [2.24, 2.45) is 0 Å². The Balaban J connectivity index is 2.02. The van der Waals surface area contributed by atoms with Crippen molar-refractivity contribution in [3.8, 4) is 0 Å². The number of carbonyl (C=O) groups is 2. The molecule has 19 heavy (non-hydrogen) atoms. The Labute approximate surface area is 110 Å². The van der Waals surface area contributed by atoms with Crippen LogP contribution in [0.3, 0.4) is 0 Å². The fourth-order valence-electron chi connectivity index (χ4n) is 1.84. The van der Waals surface area contributed by atoms with Gasteiger partial charge in [0.2, 0.25) is 0 Å². The number of pyridine rings is 1. The largest absolute Gasteiger partial charge is 0.462 e. The minimum Gasteiger partial charge on any atom is -0.462 e. The van der Waals surface area contributed by atoms with Crippen LogP contribution in [-0.2, 0) is 20.7 Å². The van der Waals surface area contributed by atoms with E-state index >= 15 is 0 Å². The van der Waals surface area contributed by atoms with Gasteiger partial charge < -0.3 is 10.1 Å². The number of methoxy groups -OCH3 is 1. The standard InChI is InChI=1S/C14H14N2O3/c1-19-14(18)13(17)16-9-7-11-5-2-4-10-6-3-8-15-12(10)11/h2-6,8H,7,9H2,1H3,(H,16,17). The van der Waals surface area contributed by atoms with Gasteiger partial charge in [0, 0.05) is 18.1 Å². The van der Waals surface area contributed by atoms with Gasteiger partial charge in [-0.2, -0.15) is 0 Å². The van der Waals surface area contributed by atoms with Crippen LogP contribution < -0.4 is 5.32 Å². The molecule has 1 N–H and O–H groups in total. The normalized spacial score (nSPS) is 10.2. The summed E-state index contributed by atoms with van der Waals surface area (Å²) in [5.41, 5.74) is 1.94. The molecule has 1 heterocycles. The zero-order valence-electron chi connectivity index (χ0n) is 10.6. The van der Waals surface area contributed by atoms with Crippen molar-refractivity contribution in [1.29, 1.82) is 0 Å². The van der Waals surface area contributed by atoms with E-state index in [1.54, 1.807) is 6.20 Å². The van der Waals surface area contributed by atoms with E-state index in [-0.39, 0.29) is 0 Å². The van der Waals surface area contributed by atoms with Crippen molar-refractivity contribution in [1.82, 2.24) is 10.3 Å². The summed E-state index contributed by atoms with van der Waals surface area (Å²) in [6, 6.07) is 9.75. The van der Waals surface area contributed by atoms with Crippen LogP contribution in [0.1, 0.15) is 5.56 Å². The lowest BCUT2D eigenvalue weighted by molar-refractivity contribution is -0.152. The highest BCUT2D eigenvalue weighted by Gasteiger charge is 2.12. The first kappa shape index (κ1) is 13.0. The van der Waals surface area contributed by atoms with Crippen LogP contribution in [0.4, 0.5) is 0 Å². The number of ether oxygens (including phenoxy) is 1. The number of aromatic nitrogens is 1. The van der Waals surface area contributed by atoms with E-state index < -0.39 is 11.9 Å². The van der Waals surface area contributed by atoms with Gasteiger partial charge in [-0.25, -0.2) is 4.79 Å². The molecule has 98 valence electrons. The summed E-state index contributed by atoms with van der Waals surface area (Å²) < 4.78 is 4.32. The number of hydrogen-bond donors (Lipinski definition) is 1. The van der Waals surface area contributed by atoms with Crippen molar-refractivity contribution >= 4 is 22.8 Å². The summed E-state index contributed by atoms with van der Waals surface area (Å²) >= 11 is 0. The Morgan fingerprint density at radius 3 is 2.84 bits per heavy atom. The third-order valence-electron chi connectivity index (χ3n) is 2.77. The number of carbonyl (C=O) groups excluding carboxylic acids is 2. The maximum Gasteiger partial charge on any atom is 0.396 e. The molecule has 0 aliphatic carbocycles. The zero-order chi connectivity index (χ0) is 13.7. The van der Waals surface area contributed by atoms with Gasteiger partial charge in [-0.15, -0.1) is 0 Å². The zero-order valence-corrected chi connectivity index (χ0v) is 10.6. The van der Waals surface area contributed by atoms with Crippen LogP contribution in [0.25, 0.3) is 10.9 Å². The summed E-state index contributed by atoms with van der Waals surface area (Å²) in [5.74, 6) is -1.60. The van der Waals surface area contributed by atoms with Crippen LogP contribution >= 0.6 is 0 Å². The summed E-state index contributed by atoms with van der Waals surface area (Å²) in [6.45, 7) is 0.365. The molecular weight excluding hydrogens is 244 g/mol. The summed E-state index contributed by atoms with van der Waals surface area (Å²) in [4.78, 5) is 26.5. The van der Waals surface area contributed by atoms with Gasteiger partial charge in [-0.05, 0) is 18.1 Å². The lowest BCUT2D eigenvalue weighted by atomic mass is 10.1. The SMILES string of the molecule is COC(=O)C(=O)NCCc1cccc2cccnc12. The van der Waals surface area contributed by atoms with Gasteiger partial charge in [0.25, 0.3) is 0 Å². The lowest BCUT2D eigenvalue weighted by Crippen LogP contribution is -2.33. The van der Waals surface area contributed by atoms with Gasteiger partial charge in [0.1, 0.15) is 0 Å². The van der Waals surface area contributed by atoms with Crippen molar-refractivity contribution in [3.63, 3.8) is 0 Å². The average molecular weight is 258 g/mol. The van der Waals surface area contributed by atoms with Crippen LogP contribution in [0.15, 0.2) is 36.5 Å². The van der Waals surface area contributed by atoms with Crippen LogP contribution in [0.2, 0.25) is 0 Å². The Hall–Kier alpha value is -2.43. The lowest BCUT2D eigenvalue weighted by Gasteiger charge is -2.06. The first-order valence-corrected chi connectivity index (χ1v) is 5.91. The Morgan fingerprint density at radius 2 is 2.05 bits per heavy atom. The topological polar surface area (TPSA) is 68.3 Å². The molecule has 0 bridgehead atoms. The maximum absolute atomic E-state index is 11.2. The fourth-order valence-corrected chi connectivity index (χ4v) is 1.84. The minimum absolute atomic E-state index is 0.365. The quantitative estimate of drug-likeness (QED) is 0.660. The molecule has 1 aromatic heterocycles. The molecule has 1 aromatic carbocycles. The molecule has 2 aromatic rings. The second-order valence-corrected chi connectivity index (χ2v) is 3.99. The number of benzene rings is 1. The molecule has 0 saturated heterocycles. The molecule has 5 nitrogen and oxygen atoms in total. The number of nitrogens with zero attached hydrogens (tertiary/aromatic N) is 1. The molecule has 0 atom stereocenters. The van der Waals surface area contributed by atoms with E-state index in [4.69, 9.17) is 0 Å². The first-order valence-electron chi connectivity index (χ1n) is 5.91. The molecule has 5 heteroatoms. The Morgan fingerprint density at radius 1 is 1.26 bits per heavy atom. The third kappa shape index (κ3) is 3.07. The van der Waals surface area contributed by atoms with E-state index in [0.717, 1.165) is 16.5 Å². The molecular formula is C14H14N2O3. The number of amides is 1. The smallest absolute Gasteiger partial charge is 0.396 e. The van der Waals surface area contributed by atoms with E-state index in [1.165, 1.54) is 7.11 Å². The number of nitrogens with one attached hydrogen (secondary N) is 1. The Bertz CT molecular complexity index is 605. The molecule has 0 aliphatic heterocycles. The maximum atomic E-state index is 11.2. The van der Waals surface area contributed by atoms with Crippen LogP contribution in [0, 0.1) is 0 Å². The van der Waals surface area contributed by atoms with Gasteiger partial charge in [0.05, 0.1) is 12.6 Å². The van der Waals surface area contributed by atoms with Crippen molar-refractivity contribution in [3.05, 3.63) is 42.1 Å². The predicted octanol–water partition coefficient (Wildman–Crippen LogP) is 1.07. The predicted molar refractivity (Wildman–Crippen MR) is 70.5 cm³/mol. The average Bonchev–Trinajstić information content (AvgIpc) is 2.46. The van der Waals surface area contributed by atoms with Crippen molar-refractivity contribution in [2.75, 3.05) is 13.7 Å². The molecule has 1 amide bonds. The van der Waals surface area contributed by atoms with E-state index in [0.29, 0.717) is 13.0 Å². The highest BCUT2D eigenvalue weighted by molar-refractivity contribution is 6.32. The fraction of sp³-hybridized carbons (Fsp3) is 0.214. The number of esters is 1. The van der Waals surface area contributed by atoms with Gasteiger partial charge >= 0.3 is 11.9 Å². The van der Waals surface area contributed by atoms with Gasteiger partial charge in [-0.1, -0.05) is 24.3 Å². The number of fused-ring (bicyclic) bond motifs is 1. The molecule has 0 spiro atoms. The highest BCUT2D eigenvalue weighted by atomic mass is 16.5. The second kappa shape index (κ2) is 5.95. The molecule has 0 aliphatic rings. The monoisotopic (exact) mass is 258 g/mol. The van der Waals surface area contributed by atoms with Gasteiger partial charge in [0.15, 0.2) is 0 Å². The van der Waals surface area contributed by atoms with E-state index in [9.17, 15) is 9.59 Å². The highest BCUT2D eigenvalue weighted by Crippen LogP contribution is 2.15. The van der Waals surface area contributed by atoms with Crippen LogP contribution in [0.5, 0.6) is 0 Å². The van der Waals surface area contributed by atoms with Crippen LogP contribution in [-0.4, -0.2) is 30.5 Å². The second-order valence-electron chi connectivity index (χ2n) is 3.99. The third-order valence-corrected chi connectivity index (χ3v) is 2.77. The summed E-state index contributed by atoms with van der Waals surface area (Å²) in [5, 5.41) is 3.56. The molecule has 2 rings (SSSR count). The molecule has 0 radical (unpaired) electrons. The first-order chi connectivity index (χ1) is 9.22. The summed E-state index contributed by atoms with van der Waals surface area (Å²) in [6.07, 6.45) is 2.34. The van der Waals surface area contributed by atoms with E-state index in [1.807, 2.05) is 30.3 Å². The number of hydrogen-bond acceptors (Lipinski definition) is 4. The molecule has 0 fully saturated rings. The number of rotatable bonds is 3. The Kier molecular flexibility index (Phi) is 4.07.